The maximum atomic E-state index is 13.2. The minimum atomic E-state index is -1.05. The standard InChI is InChI=1S/C19H21FO/c1-18(2)12-11-14-5-3-4-6-17(14)19(21,13-18)15-7-9-16(20)10-8-15/h3-10,21H,11-13H2,1-2H3. The molecule has 0 aromatic heterocycles. The highest BCUT2D eigenvalue weighted by molar-refractivity contribution is 5.42. The Bertz CT molecular complexity index is 645. The number of aliphatic hydroxyl groups is 1. The van der Waals surface area contributed by atoms with Crippen molar-refractivity contribution in [2.45, 2.75) is 38.7 Å². The molecule has 0 heterocycles. The Morgan fingerprint density at radius 1 is 1.00 bits per heavy atom. The van der Waals surface area contributed by atoms with Gasteiger partial charge < -0.3 is 5.11 Å². The smallest absolute Gasteiger partial charge is 0.123 e. The van der Waals surface area contributed by atoms with Crippen molar-refractivity contribution in [1.29, 1.82) is 0 Å². The molecule has 1 nitrogen and oxygen atoms in total. The van der Waals surface area contributed by atoms with Crippen molar-refractivity contribution in [3.63, 3.8) is 0 Å². The van der Waals surface area contributed by atoms with Gasteiger partial charge in [-0.05, 0) is 53.5 Å². The molecule has 0 bridgehead atoms. The van der Waals surface area contributed by atoms with Crippen LogP contribution in [-0.4, -0.2) is 5.11 Å². The number of hydrogen-bond acceptors (Lipinski definition) is 1. The Labute approximate surface area is 125 Å². The van der Waals surface area contributed by atoms with E-state index in [1.165, 1.54) is 17.7 Å². The summed E-state index contributed by atoms with van der Waals surface area (Å²) in [6.45, 7) is 4.38. The van der Waals surface area contributed by atoms with Gasteiger partial charge in [-0.2, -0.15) is 0 Å². The molecule has 1 aliphatic carbocycles. The monoisotopic (exact) mass is 284 g/mol. The molecule has 0 aliphatic heterocycles. The Morgan fingerprint density at radius 3 is 2.38 bits per heavy atom. The topological polar surface area (TPSA) is 20.2 Å². The lowest BCUT2D eigenvalue weighted by atomic mass is 9.74. The lowest BCUT2D eigenvalue weighted by molar-refractivity contribution is 0.0335. The van der Waals surface area contributed by atoms with Gasteiger partial charge in [0.25, 0.3) is 0 Å². The zero-order chi connectivity index (χ0) is 15.1. The van der Waals surface area contributed by atoms with E-state index < -0.39 is 5.60 Å². The summed E-state index contributed by atoms with van der Waals surface area (Å²) in [5.74, 6) is -0.275. The lowest BCUT2D eigenvalue weighted by Gasteiger charge is -2.35. The van der Waals surface area contributed by atoms with Crippen LogP contribution in [0.3, 0.4) is 0 Å². The van der Waals surface area contributed by atoms with Crippen LogP contribution in [0, 0.1) is 11.2 Å². The van der Waals surface area contributed by atoms with Gasteiger partial charge in [-0.25, -0.2) is 4.39 Å². The van der Waals surface area contributed by atoms with E-state index in [1.54, 1.807) is 12.1 Å². The van der Waals surface area contributed by atoms with E-state index in [2.05, 4.69) is 19.9 Å². The molecule has 2 aromatic rings. The number of hydrogen-bond donors (Lipinski definition) is 1. The number of halogens is 1. The van der Waals surface area contributed by atoms with Crippen molar-refractivity contribution in [2.24, 2.45) is 5.41 Å². The first kappa shape index (κ1) is 14.3. The Morgan fingerprint density at radius 2 is 1.67 bits per heavy atom. The molecule has 3 rings (SSSR count). The second-order valence-corrected chi connectivity index (χ2v) is 6.87. The molecule has 1 atom stereocenters. The molecule has 1 unspecified atom stereocenters. The molecule has 2 aromatic carbocycles. The van der Waals surface area contributed by atoms with Crippen molar-refractivity contribution in [3.8, 4) is 0 Å². The van der Waals surface area contributed by atoms with E-state index in [0.29, 0.717) is 6.42 Å². The minimum Gasteiger partial charge on any atom is -0.380 e. The molecule has 1 aliphatic rings. The summed E-state index contributed by atoms with van der Waals surface area (Å²) in [5.41, 5.74) is 1.90. The van der Waals surface area contributed by atoms with E-state index in [-0.39, 0.29) is 11.2 Å². The fourth-order valence-corrected chi connectivity index (χ4v) is 3.47. The molecule has 0 spiro atoms. The number of benzene rings is 2. The molecule has 0 saturated carbocycles. The highest BCUT2D eigenvalue weighted by atomic mass is 19.1. The molecule has 1 N–H and O–H groups in total. The summed E-state index contributed by atoms with van der Waals surface area (Å²) in [4.78, 5) is 0. The highest BCUT2D eigenvalue weighted by Gasteiger charge is 2.41. The third-order valence-corrected chi connectivity index (χ3v) is 4.59. The number of fused-ring (bicyclic) bond motifs is 1. The van der Waals surface area contributed by atoms with Gasteiger partial charge in [-0.1, -0.05) is 50.2 Å². The average molecular weight is 284 g/mol. The van der Waals surface area contributed by atoms with Crippen LogP contribution in [-0.2, 0) is 12.0 Å². The summed E-state index contributed by atoms with van der Waals surface area (Å²) in [5, 5.41) is 11.5. The molecule has 0 amide bonds. The first-order valence-electron chi connectivity index (χ1n) is 7.48. The molecule has 0 radical (unpaired) electrons. The van der Waals surface area contributed by atoms with Gasteiger partial charge >= 0.3 is 0 Å². The van der Waals surface area contributed by atoms with Crippen LogP contribution in [0.1, 0.15) is 43.4 Å². The number of aryl methyl sites for hydroxylation is 1. The maximum Gasteiger partial charge on any atom is 0.123 e. The molecule has 0 saturated heterocycles. The van der Waals surface area contributed by atoms with E-state index in [0.717, 1.165) is 24.0 Å². The predicted octanol–water partition coefficient (Wildman–Crippen LogP) is 4.42. The van der Waals surface area contributed by atoms with Crippen molar-refractivity contribution in [1.82, 2.24) is 0 Å². The van der Waals surface area contributed by atoms with Gasteiger partial charge in [-0.15, -0.1) is 0 Å². The molecular weight excluding hydrogens is 263 g/mol. The van der Waals surface area contributed by atoms with Crippen molar-refractivity contribution in [3.05, 3.63) is 71.0 Å². The molecule has 110 valence electrons. The Kier molecular flexibility index (Phi) is 3.37. The fraction of sp³-hybridized carbons (Fsp3) is 0.368. The first-order chi connectivity index (χ1) is 9.91. The molecular formula is C19H21FO. The van der Waals surface area contributed by atoms with Gasteiger partial charge in [0.05, 0.1) is 0 Å². The summed E-state index contributed by atoms with van der Waals surface area (Å²) in [7, 11) is 0. The van der Waals surface area contributed by atoms with Crippen LogP contribution in [0.4, 0.5) is 4.39 Å². The van der Waals surface area contributed by atoms with E-state index in [9.17, 15) is 9.50 Å². The van der Waals surface area contributed by atoms with E-state index >= 15 is 0 Å². The quantitative estimate of drug-likeness (QED) is 0.768. The second-order valence-electron chi connectivity index (χ2n) is 6.87. The van der Waals surface area contributed by atoms with Gasteiger partial charge in [-0.3, -0.25) is 0 Å². The van der Waals surface area contributed by atoms with Gasteiger partial charge in [0.15, 0.2) is 0 Å². The summed E-state index contributed by atoms with van der Waals surface area (Å²) < 4.78 is 13.2. The van der Waals surface area contributed by atoms with Crippen LogP contribution >= 0.6 is 0 Å². The lowest BCUT2D eigenvalue weighted by Crippen LogP contribution is -2.32. The van der Waals surface area contributed by atoms with Crippen molar-refractivity contribution >= 4 is 0 Å². The third-order valence-electron chi connectivity index (χ3n) is 4.59. The summed E-state index contributed by atoms with van der Waals surface area (Å²) >= 11 is 0. The predicted molar refractivity (Wildman–Crippen MR) is 82.6 cm³/mol. The van der Waals surface area contributed by atoms with Crippen molar-refractivity contribution in [2.75, 3.05) is 0 Å². The zero-order valence-corrected chi connectivity index (χ0v) is 12.6. The first-order valence-corrected chi connectivity index (χ1v) is 7.48. The molecule has 0 fully saturated rings. The summed E-state index contributed by atoms with van der Waals surface area (Å²) in [6, 6.07) is 14.3. The van der Waals surface area contributed by atoms with Crippen LogP contribution in [0.15, 0.2) is 48.5 Å². The average Bonchev–Trinajstić information content (AvgIpc) is 2.55. The summed E-state index contributed by atoms with van der Waals surface area (Å²) in [6.07, 6.45) is 2.64. The van der Waals surface area contributed by atoms with Gasteiger partial charge in [0.2, 0.25) is 0 Å². The van der Waals surface area contributed by atoms with Gasteiger partial charge in [0, 0.05) is 0 Å². The fourth-order valence-electron chi connectivity index (χ4n) is 3.47. The molecule has 21 heavy (non-hydrogen) atoms. The van der Waals surface area contributed by atoms with E-state index in [1.807, 2.05) is 18.2 Å². The minimum absolute atomic E-state index is 0.0299. The van der Waals surface area contributed by atoms with Crippen LogP contribution in [0.5, 0.6) is 0 Å². The maximum absolute atomic E-state index is 13.2. The van der Waals surface area contributed by atoms with Crippen LogP contribution < -0.4 is 0 Å². The Hall–Kier alpha value is -1.67. The third kappa shape index (κ3) is 2.60. The molecule has 2 heteroatoms. The van der Waals surface area contributed by atoms with Crippen molar-refractivity contribution < 1.29 is 9.50 Å². The largest absolute Gasteiger partial charge is 0.380 e. The Balaban J connectivity index is 2.18. The van der Waals surface area contributed by atoms with Crippen LogP contribution in [0.2, 0.25) is 0 Å². The number of rotatable bonds is 1. The zero-order valence-electron chi connectivity index (χ0n) is 12.6. The normalized spacial score (nSPS) is 24.2. The SMILES string of the molecule is CC1(C)CCc2ccccc2C(O)(c2ccc(F)cc2)C1. The van der Waals surface area contributed by atoms with Crippen LogP contribution in [0.25, 0.3) is 0 Å². The van der Waals surface area contributed by atoms with E-state index in [4.69, 9.17) is 0 Å². The highest BCUT2D eigenvalue weighted by Crippen LogP contribution is 2.46. The van der Waals surface area contributed by atoms with Gasteiger partial charge in [0.1, 0.15) is 11.4 Å². The second kappa shape index (κ2) is 4.96.